The van der Waals surface area contributed by atoms with Crippen LogP contribution in [0.4, 0.5) is 0 Å². The summed E-state index contributed by atoms with van der Waals surface area (Å²) in [5.41, 5.74) is -0.739. The summed E-state index contributed by atoms with van der Waals surface area (Å²) in [6.45, 7) is 1.72. The van der Waals surface area contributed by atoms with Crippen LogP contribution in [0.5, 0.6) is 0 Å². The van der Waals surface area contributed by atoms with Gasteiger partial charge in [-0.1, -0.05) is 0 Å². The van der Waals surface area contributed by atoms with Crippen LogP contribution in [-0.4, -0.2) is 16.9 Å². The summed E-state index contributed by atoms with van der Waals surface area (Å²) < 4.78 is 0. The zero-order chi connectivity index (χ0) is 8.93. The predicted molar refractivity (Wildman–Crippen MR) is 41.6 cm³/mol. The zero-order valence-corrected chi connectivity index (χ0v) is 7.04. The smallest absolute Gasteiger partial charge is 0.310 e. The van der Waals surface area contributed by atoms with Crippen molar-refractivity contribution in [1.29, 1.82) is 0 Å². The van der Waals surface area contributed by atoms with E-state index in [1.807, 2.05) is 0 Å². The largest absolute Gasteiger partial charge is 0.481 e. The first kappa shape index (κ1) is 7.77. The summed E-state index contributed by atoms with van der Waals surface area (Å²) in [7, 11) is 0. The SMILES string of the molecule is CC1(C(=O)O)[C@H]2CC[C@@H]1C(=O)C2. The van der Waals surface area contributed by atoms with Crippen molar-refractivity contribution in [3.63, 3.8) is 0 Å². The van der Waals surface area contributed by atoms with E-state index < -0.39 is 11.4 Å². The second kappa shape index (κ2) is 2.09. The Hall–Kier alpha value is -0.860. The molecule has 0 aromatic heterocycles. The summed E-state index contributed by atoms with van der Waals surface area (Å²) in [5.74, 6) is -0.718. The number of carboxylic acid groups (broad SMARTS) is 1. The van der Waals surface area contributed by atoms with E-state index in [0.29, 0.717) is 6.42 Å². The molecular weight excluding hydrogens is 156 g/mol. The average molecular weight is 168 g/mol. The van der Waals surface area contributed by atoms with Crippen LogP contribution in [0.2, 0.25) is 0 Å². The van der Waals surface area contributed by atoms with E-state index in [-0.39, 0.29) is 17.6 Å². The molecule has 2 aliphatic rings. The lowest BCUT2D eigenvalue weighted by molar-refractivity contribution is -0.151. The molecule has 3 nitrogen and oxygen atoms in total. The first-order chi connectivity index (χ1) is 5.56. The topological polar surface area (TPSA) is 54.4 Å². The standard InChI is InChI=1S/C9H12O3/c1-9(8(11)12)5-2-3-6(9)7(10)4-5/h5-6H,2-4H2,1H3,(H,11,12)/t5-,6+,9?/m0/s1. The summed E-state index contributed by atoms with van der Waals surface area (Å²) in [6.07, 6.45) is 2.19. The van der Waals surface area contributed by atoms with Gasteiger partial charge in [0, 0.05) is 12.3 Å². The molecular formula is C9H12O3. The Balaban J connectivity index is 2.40. The highest BCUT2D eigenvalue weighted by molar-refractivity contribution is 5.93. The highest BCUT2D eigenvalue weighted by Gasteiger charge is 2.60. The van der Waals surface area contributed by atoms with Gasteiger partial charge in [0.25, 0.3) is 0 Å². The Morgan fingerprint density at radius 3 is 2.50 bits per heavy atom. The maximum Gasteiger partial charge on any atom is 0.310 e. The van der Waals surface area contributed by atoms with Crippen LogP contribution in [0, 0.1) is 17.3 Å². The molecule has 1 unspecified atom stereocenters. The minimum atomic E-state index is -0.791. The molecule has 0 aliphatic heterocycles. The third kappa shape index (κ3) is 0.667. The molecule has 0 radical (unpaired) electrons. The van der Waals surface area contributed by atoms with Gasteiger partial charge in [0.05, 0.1) is 5.41 Å². The maximum atomic E-state index is 11.3. The normalized spacial score (nSPS) is 45.2. The van der Waals surface area contributed by atoms with Crippen molar-refractivity contribution in [3.05, 3.63) is 0 Å². The average Bonchev–Trinajstić information content (AvgIpc) is 2.42. The van der Waals surface area contributed by atoms with Gasteiger partial charge in [0.2, 0.25) is 0 Å². The Bertz CT molecular complexity index is 258. The maximum absolute atomic E-state index is 11.3. The molecule has 0 spiro atoms. The lowest BCUT2D eigenvalue weighted by Gasteiger charge is -2.22. The molecule has 66 valence electrons. The second-order valence-corrected chi connectivity index (χ2v) is 4.09. The van der Waals surface area contributed by atoms with Crippen LogP contribution in [-0.2, 0) is 9.59 Å². The molecule has 2 rings (SSSR count). The van der Waals surface area contributed by atoms with Crippen molar-refractivity contribution in [1.82, 2.24) is 0 Å². The molecule has 2 saturated carbocycles. The van der Waals surface area contributed by atoms with Gasteiger partial charge in [0.1, 0.15) is 5.78 Å². The van der Waals surface area contributed by atoms with E-state index in [2.05, 4.69) is 0 Å². The number of carboxylic acids is 1. The van der Waals surface area contributed by atoms with Crippen molar-refractivity contribution < 1.29 is 14.7 Å². The number of carbonyl (C=O) groups is 2. The summed E-state index contributed by atoms with van der Waals surface area (Å²) in [4.78, 5) is 22.3. The van der Waals surface area contributed by atoms with E-state index in [0.717, 1.165) is 12.8 Å². The molecule has 0 heterocycles. The molecule has 0 aromatic carbocycles. The van der Waals surface area contributed by atoms with Gasteiger partial charge >= 0.3 is 5.97 Å². The number of Topliss-reactive ketones (excluding diaryl/α,β-unsaturated/α-hetero) is 1. The second-order valence-electron chi connectivity index (χ2n) is 4.09. The van der Waals surface area contributed by atoms with Crippen molar-refractivity contribution in [2.24, 2.45) is 17.3 Å². The predicted octanol–water partition coefficient (Wildman–Crippen LogP) is 1.08. The van der Waals surface area contributed by atoms with Crippen LogP contribution in [0.1, 0.15) is 26.2 Å². The molecule has 2 fully saturated rings. The quantitative estimate of drug-likeness (QED) is 0.637. The molecule has 1 N–H and O–H groups in total. The van der Waals surface area contributed by atoms with Crippen LogP contribution >= 0.6 is 0 Å². The number of aliphatic carboxylic acids is 1. The minimum Gasteiger partial charge on any atom is -0.481 e. The summed E-state index contributed by atoms with van der Waals surface area (Å²) in [5, 5.41) is 9.02. The van der Waals surface area contributed by atoms with Gasteiger partial charge in [-0.15, -0.1) is 0 Å². The minimum absolute atomic E-state index is 0.104. The fraction of sp³-hybridized carbons (Fsp3) is 0.778. The van der Waals surface area contributed by atoms with Gasteiger partial charge in [-0.05, 0) is 25.7 Å². The van der Waals surface area contributed by atoms with Crippen molar-refractivity contribution in [2.75, 3.05) is 0 Å². The van der Waals surface area contributed by atoms with E-state index in [4.69, 9.17) is 5.11 Å². The fourth-order valence-electron chi connectivity index (χ4n) is 2.77. The van der Waals surface area contributed by atoms with Gasteiger partial charge in [0.15, 0.2) is 0 Å². The zero-order valence-electron chi connectivity index (χ0n) is 7.04. The van der Waals surface area contributed by atoms with Gasteiger partial charge in [-0.3, -0.25) is 9.59 Å². The first-order valence-corrected chi connectivity index (χ1v) is 4.33. The van der Waals surface area contributed by atoms with Crippen LogP contribution in [0.3, 0.4) is 0 Å². The molecule has 3 atom stereocenters. The lowest BCUT2D eigenvalue weighted by Crippen LogP contribution is -2.33. The van der Waals surface area contributed by atoms with E-state index in [1.165, 1.54) is 0 Å². The van der Waals surface area contributed by atoms with Crippen LogP contribution in [0.15, 0.2) is 0 Å². The van der Waals surface area contributed by atoms with Gasteiger partial charge in [-0.2, -0.15) is 0 Å². The first-order valence-electron chi connectivity index (χ1n) is 4.33. The molecule has 0 amide bonds. The Labute approximate surface area is 70.8 Å². The molecule has 2 aliphatic carbocycles. The molecule has 0 aromatic rings. The lowest BCUT2D eigenvalue weighted by atomic mass is 9.80. The number of ketones is 1. The Morgan fingerprint density at radius 1 is 1.58 bits per heavy atom. The van der Waals surface area contributed by atoms with Gasteiger partial charge < -0.3 is 5.11 Å². The van der Waals surface area contributed by atoms with Gasteiger partial charge in [-0.25, -0.2) is 0 Å². The highest BCUT2D eigenvalue weighted by Crippen LogP contribution is 2.55. The van der Waals surface area contributed by atoms with E-state index in [1.54, 1.807) is 6.92 Å². The summed E-state index contributed by atoms with van der Waals surface area (Å²) >= 11 is 0. The Morgan fingerprint density at radius 2 is 2.25 bits per heavy atom. The van der Waals surface area contributed by atoms with E-state index in [9.17, 15) is 9.59 Å². The number of hydrogen-bond acceptors (Lipinski definition) is 2. The molecule has 2 bridgehead atoms. The van der Waals surface area contributed by atoms with Crippen molar-refractivity contribution in [3.8, 4) is 0 Å². The molecule has 3 heteroatoms. The van der Waals surface area contributed by atoms with Crippen molar-refractivity contribution in [2.45, 2.75) is 26.2 Å². The van der Waals surface area contributed by atoms with Crippen LogP contribution < -0.4 is 0 Å². The fourth-order valence-corrected chi connectivity index (χ4v) is 2.77. The van der Waals surface area contributed by atoms with Crippen LogP contribution in [0.25, 0.3) is 0 Å². The number of fused-ring (bicyclic) bond motifs is 2. The monoisotopic (exact) mass is 168 g/mol. The van der Waals surface area contributed by atoms with Crippen molar-refractivity contribution >= 4 is 11.8 Å². The summed E-state index contributed by atoms with van der Waals surface area (Å²) in [6, 6.07) is 0. The third-order valence-corrected chi connectivity index (χ3v) is 3.67. The number of rotatable bonds is 1. The number of hydrogen-bond donors (Lipinski definition) is 1. The van der Waals surface area contributed by atoms with E-state index >= 15 is 0 Å². The molecule has 12 heavy (non-hydrogen) atoms. The Kier molecular flexibility index (Phi) is 1.35. The number of carbonyl (C=O) groups excluding carboxylic acids is 1. The molecule has 0 saturated heterocycles. The third-order valence-electron chi connectivity index (χ3n) is 3.67. The highest BCUT2D eigenvalue weighted by atomic mass is 16.4.